The Morgan fingerprint density at radius 1 is 1.05 bits per heavy atom. The van der Waals surface area contributed by atoms with Gasteiger partial charge < -0.3 is 10.2 Å². The van der Waals surface area contributed by atoms with Crippen LogP contribution in [0.3, 0.4) is 0 Å². The van der Waals surface area contributed by atoms with Crippen LogP contribution in [-0.4, -0.2) is 18.0 Å². The summed E-state index contributed by atoms with van der Waals surface area (Å²) in [5.74, 6) is 0.918. The Morgan fingerprint density at radius 3 is 2.37 bits per heavy atom. The molecule has 0 fully saturated rings. The summed E-state index contributed by atoms with van der Waals surface area (Å²) in [7, 11) is 0. The zero-order valence-corrected chi connectivity index (χ0v) is 11.1. The Bertz CT molecular complexity index is 520. The fourth-order valence-corrected chi connectivity index (χ4v) is 2.80. The minimum Gasteiger partial charge on any atom is -0.468 e. The molecule has 2 heterocycles. The van der Waals surface area contributed by atoms with Gasteiger partial charge in [-0.1, -0.05) is 24.3 Å². The van der Waals surface area contributed by atoms with Crippen molar-refractivity contribution < 1.29 is 4.42 Å². The highest BCUT2D eigenvalue weighted by Crippen LogP contribution is 2.18. The minimum atomic E-state index is 0.483. The largest absolute Gasteiger partial charge is 0.468 e. The van der Waals surface area contributed by atoms with Gasteiger partial charge in [-0.2, -0.15) is 0 Å². The van der Waals surface area contributed by atoms with E-state index in [-0.39, 0.29) is 0 Å². The van der Waals surface area contributed by atoms with Gasteiger partial charge in [-0.3, -0.25) is 4.90 Å². The molecule has 1 aromatic heterocycles. The summed E-state index contributed by atoms with van der Waals surface area (Å²) in [4.78, 5) is 2.49. The highest BCUT2D eigenvalue weighted by Gasteiger charge is 2.15. The SMILES string of the molecule is NCc1occc1CN1CCc2ccccc2CC1. The number of fused-ring (bicyclic) bond motifs is 1. The van der Waals surface area contributed by atoms with Crippen LogP contribution in [-0.2, 0) is 25.9 Å². The quantitative estimate of drug-likeness (QED) is 0.916. The van der Waals surface area contributed by atoms with Gasteiger partial charge in [0.1, 0.15) is 5.76 Å². The molecule has 0 atom stereocenters. The molecule has 0 aliphatic carbocycles. The molecule has 3 rings (SSSR count). The van der Waals surface area contributed by atoms with Gasteiger partial charge in [0, 0.05) is 25.2 Å². The van der Waals surface area contributed by atoms with Crippen molar-refractivity contribution in [1.82, 2.24) is 4.90 Å². The monoisotopic (exact) mass is 256 g/mol. The highest BCUT2D eigenvalue weighted by molar-refractivity contribution is 5.28. The number of nitrogens with two attached hydrogens (primary N) is 1. The third kappa shape index (κ3) is 2.72. The molecule has 100 valence electrons. The molecular weight excluding hydrogens is 236 g/mol. The summed E-state index contributed by atoms with van der Waals surface area (Å²) in [6.45, 7) is 3.63. The predicted octanol–water partition coefficient (Wildman–Crippen LogP) is 2.34. The average molecular weight is 256 g/mol. The number of rotatable bonds is 3. The number of hydrogen-bond donors (Lipinski definition) is 1. The third-order valence-corrected chi connectivity index (χ3v) is 3.93. The van der Waals surface area contributed by atoms with Gasteiger partial charge in [-0.25, -0.2) is 0 Å². The van der Waals surface area contributed by atoms with E-state index in [1.165, 1.54) is 16.7 Å². The van der Waals surface area contributed by atoms with E-state index in [4.69, 9.17) is 10.2 Å². The second kappa shape index (κ2) is 5.59. The van der Waals surface area contributed by atoms with E-state index in [9.17, 15) is 0 Å². The van der Waals surface area contributed by atoms with Gasteiger partial charge in [-0.15, -0.1) is 0 Å². The lowest BCUT2D eigenvalue weighted by molar-refractivity contribution is 0.277. The van der Waals surface area contributed by atoms with Crippen molar-refractivity contribution in [3.05, 3.63) is 59.0 Å². The normalized spacial score (nSPS) is 16.1. The Labute approximate surface area is 114 Å². The summed E-state index contributed by atoms with van der Waals surface area (Å²) in [5.41, 5.74) is 9.91. The van der Waals surface area contributed by atoms with E-state index in [1.54, 1.807) is 6.26 Å². The van der Waals surface area contributed by atoms with Crippen LogP contribution in [0.1, 0.15) is 22.5 Å². The lowest BCUT2D eigenvalue weighted by atomic mass is 10.0. The molecule has 0 saturated carbocycles. The first kappa shape index (κ1) is 12.5. The van der Waals surface area contributed by atoms with Crippen molar-refractivity contribution in [2.45, 2.75) is 25.9 Å². The second-order valence-corrected chi connectivity index (χ2v) is 5.12. The summed E-state index contributed by atoms with van der Waals surface area (Å²) in [6.07, 6.45) is 4.00. The van der Waals surface area contributed by atoms with Crippen molar-refractivity contribution in [1.29, 1.82) is 0 Å². The maximum absolute atomic E-state index is 5.69. The minimum absolute atomic E-state index is 0.483. The Balaban J connectivity index is 1.69. The summed E-state index contributed by atoms with van der Waals surface area (Å²) >= 11 is 0. The molecule has 0 unspecified atom stereocenters. The summed E-state index contributed by atoms with van der Waals surface area (Å²) in [6, 6.07) is 10.8. The lowest BCUT2D eigenvalue weighted by Crippen LogP contribution is -2.26. The maximum atomic E-state index is 5.69. The molecule has 0 radical (unpaired) electrons. The molecule has 1 aromatic carbocycles. The van der Waals surface area contributed by atoms with Crippen LogP contribution in [0.2, 0.25) is 0 Å². The number of nitrogens with zero attached hydrogens (tertiary/aromatic N) is 1. The first-order valence-electron chi connectivity index (χ1n) is 6.91. The molecule has 2 aromatic rings. The summed E-state index contributed by atoms with van der Waals surface area (Å²) in [5, 5.41) is 0. The summed E-state index contributed by atoms with van der Waals surface area (Å²) < 4.78 is 5.40. The van der Waals surface area contributed by atoms with Crippen LogP contribution < -0.4 is 5.73 Å². The Kier molecular flexibility index (Phi) is 3.67. The standard InChI is InChI=1S/C16H20N2O/c17-11-16-15(7-10-19-16)12-18-8-5-13-3-1-2-4-14(13)6-9-18/h1-4,7,10H,5-6,8-9,11-12,17H2. The third-order valence-electron chi connectivity index (χ3n) is 3.93. The van der Waals surface area contributed by atoms with E-state index in [2.05, 4.69) is 29.2 Å². The fraction of sp³-hybridized carbons (Fsp3) is 0.375. The molecular formula is C16H20N2O. The van der Waals surface area contributed by atoms with E-state index in [0.717, 1.165) is 38.2 Å². The van der Waals surface area contributed by atoms with Gasteiger partial charge in [0.05, 0.1) is 12.8 Å². The van der Waals surface area contributed by atoms with Gasteiger partial charge in [0.2, 0.25) is 0 Å². The van der Waals surface area contributed by atoms with Crippen molar-refractivity contribution in [2.75, 3.05) is 13.1 Å². The second-order valence-electron chi connectivity index (χ2n) is 5.12. The van der Waals surface area contributed by atoms with Crippen LogP contribution in [0, 0.1) is 0 Å². The van der Waals surface area contributed by atoms with E-state index in [0.29, 0.717) is 6.54 Å². The maximum Gasteiger partial charge on any atom is 0.121 e. The first-order valence-corrected chi connectivity index (χ1v) is 6.91. The Morgan fingerprint density at radius 2 is 1.74 bits per heavy atom. The van der Waals surface area contributed by atoms with Gasteiger partial charge in [0.15, 0.2) is 0 Å². The van der Waals surface area contributed by atoms with Crippen molar-refractivity contribution >= 4 is 0 Å². The fourth-order valence-electron chi connectivity index (χ4n) is 2.80. The Hall–Kier alpha value is -1.58. The van der Waals surface area contributed by atoms with Crippen LogP contribution in [0.4, 0.5) is 0 Å². The van der Waals surface area contributed by atoms with E-state index >= 15 is 0 Å². The van der Waals surface area contributed by atoms with Crippen LogP contribution >= 0.6 is 0 Å². The van der Waals surface area contributed by atoms with Crippen molar-refractivity contribution in [2.24, 2.45) is 5.73 Å². The predicted molar refractivity (Wildman–Crippen MR) is 75.7 cm³/mol. The first-order chi connectivity index (χ1) is 9.36. The van der Waals surface area contributed by atoms with Gasteiger partial charge >= 0.3 is 0 Å². The van der Waals surface area contributed by atoms with E-state index in [1.807, 2.05) is 6.07 Å². The molecule has 2 N–H and O–H groups in total. The lowest BCUT2D eigenvalue weighted by Gasteiger charge is -2.19. The van der Waals surface area contributed by atoms with Gasteiger partial charge in [-0.05, 0) is 30.0 Å². The zero-order chi connectivity index (χ0) is 13.1. The van der Waals surface area contributed by atoms with Crippen LogP contribution in [0.25, 0.3) is 0 Å². The van der Waals surface area contributed by atoms with Crippen molar-refractivity contribution in [3.8, 4) is 0 Å². The molecule has 1 aliphatic heterocycles. The average Bonchev–Trinajstić information content (AvgIpc) is 2.79. The zero-order valence-electron chi connectivity index (χ0n) is 11.1. The topological polar surface area (TPSA) is 42.4 Å². The number of hydrogen-bond acceptors (Lipinski definition) is 3. The van der Waals surface area contributed by atoms with Crippen LogP contribution in [0.5, 0.6) is 0 Å². The van der Waals surface area contributed by atoms with Crippen molar-refractivity contribution in [3.63, 3.8) is 0 Å². The molecule has 3 heteroatoms. The number of benzene rings is 1. The molecule has 0 bridgehead atoms. The van der Waals surface area contributed by atoms with E-state index < -0.39 is 0 Å². The van der Waals surface area contributed by atoms with Crippen LogP contribution in [0.15, 0.2) is 41.0 Å². The molecule has 19 heavy (non-hydrogen) atoms. The molecule has 0 spiro atoms. The van der Waals surface area contributed by atoms with Gasteiger partial charge in [0.25, 0.3) is 0 Å². The molecule has 0 saturated heterocycles. The molecule has 3 nitrogen and oxygen atoms in total. The smallest absolute Gasteiger partial charge is 0.121 e. The highest BCUT2D eigenvalue weighted by atomic mass is 16.3. The number of furan rings is 1. The molecule has 0 amide bonds. The molecule has 1 aliphatic rings.